The van der Waals surface area contributed by atoms with E-state index in [2.05, 4.69) is 21.7 Å². The van der Waals surface area contributed by atoms with Crippen molar-refractivity contribution in [1.29, 1.82) is 5.26 Å². The van der Waals surface area contributed by atoms with Crippen LogP contribution in [0.4, 0.5) is 21.5 Å². The maximum absolute atomic E-state index is 13.6. The van der Waals surface area contributed by atoms with Crippen LogP contribution in [-0.2, 0) is 20.9 Å². The molecule has 6 rings (SSSR count). The van der Waals surface area contributed by atoms with Gasteiger partial charge in [-0.3, -0.25) is 9.78 Å². The first-order chi connectivity index (χ1) is 22.7. The number of halogens is 2. The average molecular weight is 695 g/mol. The highest BCUT2D eigenvalue weighted by atomic mass is 35.5. The average Bonchev–Trinajstić information content (AvgIpc) is 3.68. The number of hydrogen-bond acceptors (Lipinski definition) is 10. The van der Waals surface area contributed by atoms with Gasteiger partial charge >= 0.3 is 0 Å². The quantitative estimate of drug-likeness (QED) is 0.149. The van der Waals surface area contributed by atoms with E-state index in [4.69, 9.17) is 30.5 Å². The molecule has 2 saturated heterocycles. The monoisotopic (exact) mass is 694 g/mol. The van der Waals surface area contributed by atoms with Crippen LogP contribution in [0, 0.1) is 17.1 Å². The van der Waals surface area contributed by atoms with E-state index in [1.165, 1.54) is 18.3 Å². The van der Waals surface area contributed by atoms with Crippen molar-refractivity contribution in [3.05, 3.63) is 82.8 Å². The van der Waals surface area contributed by atoms with Gasteiger partial charge in [0.25, 0.3) is 0 Å². The molecular weight excluding hydrogens is 663 g/mol. The van der Waals surface area contributed by atoms with Gasteiger partial charge in [-0.2, -0.15) is 5.26 Å². The fourth-order valence-electron chi connectivity index (χ4n) is 5.23. The molecule has 4 aromatic rings. The number of fused-ring (bicyclic) bond motifs is 1. The first kappa shape index (κ1) is 33.2. The summed E-state index contributed by atoms with van der Waals surface area (Å²) >= 11 is 6.56. The fourth-order valence-corrected chi connectivity index (χ4v) is 8.36. The Bertz CT molecular complexity index is 1830. The molecule has 13 heteroatoms. The summed E-state index contributed by atoms with van der Waals surface area (Å²) < 4.78 is 37.2. The second-order valence-electron chi connectivity index (χ2n) is 11.6. The number of rotatable bonds is 11. The molecule has 2 N–H and O–H groups in total. The summed E-state index contributed by atoms with van der Waals surface area (Å²) in [5.74, 6) is 0.704. The van der Waals surface area contributed by atoms with Crippen molar-refractivity contribution in [3.63, 3.8) is 0 Å². The van der Waals surface area contributed by atoms with E-state index < -0.39 is 5.79 Å². The minimum Gasteiger partial charge on any atom is -0.489 e. The molecule has 47 heavy (non-hydrogen) atoms. The highest BCUT2D eigenvalue weighted by molar-refractivity contribution is 8.77. The Morgan fingerprint density at radius 2 is 2.06 bits per heavy atom. The van der Waals surface area contributed by atoms with E-state index in [-0.39, 0.29) is 36.3 Å². The van der Waals surface area contributed by atoms with E-state index >= 15 is 0 Å². The van der Waals surface area contributed by atoms with Gasteiger partial charge in [0.2, 0.25) is 5.91 Å². The molecule has 244 valence electrons. The lowest BCUT2D eigenvalue weighted by Gasteiger charge is -2.19. The topological polar surface area (TPSA) is 115 Å². The summed E-state index contributed by atoms with van der Waals surface area (Å²) in [5, 5.41) is 17.5. The summed E-state index contributed by atoms with van der Waals surface area (Å²) in [6.45, 7) is 4.43. The molecule has 9 nitrogen and oxygen atoms in total. The van der Waals surface area contributed by atoms with E-state index in [0.717, 1.165) is 12.2 Å². The van der Waals surface area contributed by atoms with Gasteiger partial charge in [-0.15, -0.1) is 0 Å². The zero-order valence-electron chi connectivity index (χ0n) is 25.7. The summed E-state index contributed by atoms with van der Waals surface area (Å²) in [4.78, 5) is 17.7. The van der Waals surface area contributed by atoms with E-state index in [0.29, 0.717) is 68.6 Å². The highest BCUT2D eigenvalue weighted by Crippen LogP contribution is 2.41. The predicted octanol–water partition coefficient (Wildman–Crippen LogP) is 8.23. The summed E-state index contributed by atoms with van der Waals surface area (Å²) in [5.41, 5.74) is 3.05. The van der Waals surface area contributed by atoms with Crippen LogP contribution < -0.4 is 20.1 Å². The van der Waals surface area contributed by atoms with Gasteiger partial charge in [0.1, 0.15) is 42.7 Å². The van der Waals surface area contributed by atoms with Crippen LogP contribution in [0.25, 0.3) is 10.9 Å². The van der Waals surface area contributed by atoms with Gasteiger partial charge in [-0.05, 0) is 62.2 Å². The van der Waals surface area contributed by atoms with Crippen LogP contribution in [0.5, 0.6) is 11.5 Å². The van der Waals surface area contributed by atoms with Crippen LogP contribution in [0.1, 0.15) is 37.8 Å². The van der Waals surface area contributed by atoms with Gasteiger partial charge in [-0.25, -0.2) is 4.39 Å². The molecule has 2 aliphatic heterocycles. The molecule has 2 fully saturated rings. The number of aromatic nitrogens is 1. The minimum absolute atomic E-state index is 0.129. The van der Waals surface area contributed by atoms with Crippen molar-refractivity contribution in [1.82, 2.24) is 4.98 Å². The van der Waals surface area contributed by atoms with E-state index in [9.17, 15) is 14.4 Å². The minimum atomic E-state index is -0.699. The Labute approximate surface area is 284 Å². The molecule has 0 aliphatic carbocycles. The second-order valence-corrected chi connectivity index (χ2v) is 14.8. The Kier molecular flexibility index (Phi) is 10.3. The van der Waals surface area contributed by atoms with Crippen LogP contribution in [-0.4, -0.2) is 47.0 Å². The number of pyridine rings is 1. The molecule has 0 saturated carbocycles. The smallest absolute Gasteiger partial charge is 0.225 e. The zero-order chi connectivity index (χ0) is 33.0. The molecule has 0 bridgehead atoms. The molecule has 3 heterocycles. The normalized spacial score (nSPS) is 18.5. The molecule has 0 radical (unpaired) electrons. The zero-order valence-corrected chi connectivity index (χ0v) is 28.1. The lowest BCUT2D eigenvalue weighted by molar-refractivity contribution is -0.141. The largest absolute Gasteiger partial charge is 0.489 e. The molecule has 0 spiro atoms. The van der Waals surface area contributed by atoms with Gasteiger partial charge in [0.05, 0.1) is 34.1 Å². The van der Waals surface area contributed by atoms with Crippen molar-refractivity contribution < 1.29 is 28.1 Å². The lowest BCUT2D eigenvalue weighted by Crippen LogP contribution is -2.25. The third kappa shape index (κ3) is 8.41. The van der Waals surface area contributed by atoms with Gasteiger partial charge < -0.3 is 29.6 Å². The third-order valence-electron chi connectivity index (χ3n) is 7.48. The van der Waals surface area contributed by atoms with E-state index in [1.54, 1.807) is 64.1 Å². The summed E-state index contributed by atoms with van der Waals surface area (Å²) in [6.07, 6.45) is 2.54. The molecule has 1 aromatic heterocycles. The number of nitriles is 1. The predicted molar refractivity (Wildman–Crippen MR) is 184 cm³/mol. The SMILES string of the molecule is CC1(C)OC[C@@H](COc2cc3ncc(C#N)c(Nc4ccc(OCc5cccc(F)c5)c(Cl)c4)c3cc2NC(=O)C[C@@H]2CCSS2)O1. The van der Waals surface area contributed by atoms with Gasteiger partial charge in [0.15, 0.2) is 5.79 Å². The number of amides is 1. The first-order valence-electron chi connectivity index (χ1n) is 15.0. The number of nitrogens with zero attached hydrogens (tertiary/aromatic N) is 2. The lowest BCUT2D eigenvalue weighted by atomic mass is 10.1. The Hall–Kier alpha value is -3.73. The number of carbonyl (C=O) groups excluding carboxylic acids is 1. The summed E-state index contributed by atoms with van der Waals surface area (Å²) in [7, 11) is 3.51. The first-order valence-corrected chi connectivity index (χ1v) is 17.7. The van der Waals surface area contributed by atoms with Crippen LogP contribution in [0.15, 0.2) is 60.8 Å². The highest BCUT2D eigenvalue weighted by Gasteiger charge is 2.33. The number of benzene rings is 3. The van der Waals surface area contributed by atoms with Gasteiger partial charge in [0, 0.05) is 40.8 Å². The fraction of sp³-hybridized carbons (Fsp3) is 0.324. The van der Waals surface area contributed by atoms with Crippen molar-refractivity contribution in [3.8, 4) is 17.6 Å². The third-order valence-corrected chi connectivity index (χ3v) is 10.7. The number of hydrogen-bond donors (Lipinski definition) is 2. The Balaban J connectivity index is 1.27. The molecule has 2 aliphatic rings. The number of ether oxygens (including phenoxy) is 4. The van der Waals surface area contributed by atoms with Crippen molar-refractivity contribution in [2.24, 2.45) is 0 Å². The maximum atomic E-state index is 13.6. The number of anilines is 3. The summed E-state index contributed by atoms with van der Waals surface area (Å²) in [6, 6.07) is 17.0. The van der Waals surface area contributed by atoms with Gasteiger partial charge in [-0.1, -0.05) is 45.3 Å². The van der Waals surface area contributed by atoms with Crippen LogP contribution in [0.3, 0.4) is 0 Å². The maximum Gasteiger partial charge on any atom is 0.225 e. The molecular formula is C34H32ClFN4O5S2. The van der Waals surface area contributed by atoms with Crippen LogP contribution in [0.2, 0.25) is 5.02 Å². The number of nitrogens with one attached hydrogen (secondary N) is 2. The molecule has 3 aromatic carbocycles. The van der Waals surface area contributed by atoms with Crippen molar-refractivity contribution in [2.75, 3.05) is 29.6 Å². The number of carbonyl (C=O) groups is 1. The van der Waals surface area contributed by atoms with E-state index in [1.807, 2.05) is 13.8 Å². The molecule has 0 unspecified atom stereocenters. The Morgan fingerprint density at radius 1 is 1.19 bits per heavy atom. The Morgan fingerprint density at radius 3 is 2.79 bits per heavy atom. The molecule has 1 amide bonds. The van der Waals surface area contributed by atoms with Crippen molar-refractivity contribution >= 4 is 67.1 Å². The second kappa shape index (κ2) is 14.6. The van der Waals surface area contributed by atoms with Crippen molar-refractivity contribution in [2.45, 2.75) is 50.4 Å². The standard InChI is InChI=1S/C34H32ClFN4O5S2/c1-34(2)44-19-24(45-34)18-43-31-14-28-26(13-29(31)40-32(41)12-25-8-9-46-47-25)33(21(15-37)16-38-28)39-23-6-7-30(27(35)11-23)42-17-20-4-3-5-22(36)10-20/h3-7,10-11,13-14,16,24-25H,8-9,12,17-19H2,1-2H3,(H,38,39)(H,40,41)/t24-,25+/m1/s1. The van der Waals surface area contributed by atoms with Crippen LogP contribution >= 0.6 is 33.2 Å². The molecule has 2 atom stereocenters.